The number of aromatic nitrogens is 3. The van der Waals surface area contributed by atoms with Gasteiger partial charge in [0.1, 0.15) is 0 Å². The van der Waals surface area contributed by atoms with Crippen LogP contribution in [0.1, 0.15) is 30.6 Å². The molecule has 0 radical (unpaired) electrons. The van der Waals surface area contributed by atoms with Gasteiger partial charge in [0.25, 0.3) is 0 Å². The lowest BCUT2D eigenvalue weighted by Gasteiger charge is -2.11. The van der Waals surface area contributed by atoms with Gasteiger partial charge in [-0.1, -0.05) is 5.21 Å². The maximum Gasteiger partial charge on any atom is 0.0781 e. The molecule has 1 atom stereocenters. The van der Waals surface area contributed by atoms with Crippen LogP contribution in [0.4, 0.5) is 0 Å². The highest BCUT2D eigenvalue weighted by atomic mass is 16.5. The number of nitrogens with two attached hydrogens (primary N) is 1. The highest BCUT2D eigenvalue weighted by Gasteiger charge is 2.28. The quantitative estimate of drug-likeness (QED) is 0.725. The van der Waals surface area contributed by atoms with Crippen LogP contribution in [-0.4, -0.2) is 28.7 Å². The number of ether oxygens (including phenoxy) is 1. The Hall–Kier alpha value is -0.940. The fourth-order valence-corrected chi connectivity index (χ4v) is 1.38. The molecule has 0 saturated heterocycles. The van der Waals surface area contributed by atoms with E-state index >= 15 is 0 Å². The fourth-order valence-electron chi connectivity index (χ4n) is 1.38. The SMILES string of the molecule is COC[C@H](N)c1cnnn1C1CC1. The average Bonchev–Trinajstić information content (AvgIpc) is 2.84. The summed E-state index contributed by atoms with van der Waals surface area (Å²) in [7, 11) is 1.64. The van der Waals surface area contributed by atoms with Crippen molar-refractivity contribution in [3.05, 3.63) is 11.9 Å². The predicted octanol–water partition coefficient (Wildman–Crippen LogP) is 0.259. The second-order valence-electron chi connectivity index (χ2n) is 3.40. The molecule has 0 bridgehead atoms. The smallest absolute Gasteiger partial charge is 0.0781 e. The van der Waals surface area contributed by atoms with Crippen molar-refractivity contribution in [3.8, 4) is 0 Å². The lowest BCUT2D eigenvalue weighted by atomic mass is 10.2. The van der Waals surface area contributed by atoms with Gasteiger partial charge in [-0.3, -0.25) is 0 Å². The van der Waals surface area contributed by atoms with E-state index in [1.54, 1.807) is 13.3 Å². The summed E-state index contributed by atoms with van der Waals surface area (Å²) in [5.41, 5.74) is 6.87. The second-order valence-corrected chi connectivity index (χ2v) is 3.40. The van der Waals surface area contributed by atoms with Crippen molar-refractivity contribution in [2.75, 3.05) is 13.7 Å². The van der Waals surface area contributed by atoms with Gasteiger partial charge in [-0.2, -0.15) is 0 Å². The van der Waals surface area contributed by atoms with Crippen LogP contribution in [0.5, 0.6) is 0 Å². The summed E-state index contributed by atoms with van der Waals surface area (Å²) in [5, 5.41) is 7.88. The van der Waals surface area contributed by atoms with Crippen LogP contribution in [0.3, 0.4) is 0 Å². The van der Waals surface area contributed by atoms with Gasteiger partial charge in [0.05, 0.1) is 30.6 Å². The molecule has 0 aliphatic heterocycles. The Kier molecular flexibility index (Phi) is 2.28. The summed E-state index contributed by atoms with van der Waals surface area (Å²) in [6.45, 7) is 0.514. The molecule has 1 aromatic rings. The van der Waals surface area contributed by atoms with Crippen molar-refractivity contribution in [2.24, 2.45) is 5.73 Å². The summed E-state index contributed by atoms with van der Waals surface area (Å²) >= 11 is 0. The van der Waals surface area contributed by atoms with Gasteiger partial charge in [-0.05, 0) is 12.8 Å². The summed E-state index contributed by atoms with van der Waals surface area (Å²) in [6.07, 6.45) is 4.11. The Morgan fingerprint density at radius 2 is 2.54 bits per heavy atom. The van der Waals surface area contributed by atoms with Gasteiger partial charge in [0.2, 0.25) is 0 Å². The molecule has 1 aliphatic carbocycles. The molecule has 2 N–H and O–H groups in total. The highest BCUT2D eigenvalue weighted by Crippen LogP contribution is 2.35. The van der Waals surface area contributed by atoms with Crippen molar-refractivity contribution in [1.82, 2.24) is 15.0 Å². The average molecular weight is 182 g/mol. The first-order valence-electron chi connectivity index (χ1n) is 4.47. The lowest BCUT2D eigenvalue weighted by molar-refractivity contribution is 0.177. The molecular weight excluding hydrogens is 168 g/mol. The number of nitrogens with zero attached hydrogens (tertiary/aromatic N) is 3. The van der Waals surface area contributed by atoms with Crippen LogP contribution >= 0.6 is 0 Å². The molecule has 1 aliphatic rings. The molecule has 0 amide bonds. The predicted molar refractivity (Wildman–Crippen MR) is 47.1 cm³/mol. The van der Waals surface area contributed by atoms with Crippen molar-refractivity contribution >= 4 is 0 Å². The Balaban J connectivity index is 2.13. The molecule has 5 nitrogen and oxygen atoms in total. The van der Waals surface area contributed by atoms with Gasteiger partial charge in [0, 0.05) is 7.11 Å². The molecule has 72 valence electrons. The van der Waals surface area contributed by atoms with Crippen LogP contribution in [0.15, 0.2) is 6.20 Å². The van der Waals surface area contributed by atoms with E-state index in [1.807, 2.05) is 4.68 Å². The highest BCUT2D eigenvalue weighted by molar-refractivity contribution is 5.04. The van der Waals surface area contributed by atoms with E-state index in [2.05, 4.69) is 10.3 Å². The minimum absolute atomic E-state index is 0.111. The topological polar surface area (TPSA) is 66.0 Å². The van der Waals surface area contributed by atoms with E-state index in [1.165, 1.54) is 12.8 Å². The molecule has 13 heavy (non-hydrogen) atoms. The van der Waals surface area contributed by atoms with E-state index in [0.717, 1.165) is 5.69 Å². The molecule has 0 spiro atoms. The molecular formula is C8H14N4O. The Morgan fingerprint density at radius 3 is 3.15 bits per heavy atom. The first kappa shape index (κ1) is 8.65. The third-order valence-electron chi connectivity index (χ3n) is 2.22. The number of hydrogen-bond acceptors (Lipinski definition) is 4. The Morgan fingerprint density at radius 1 is 1.77 bits per heavy atom. The molecule has 0 unspecified atom stereocenters. The van der Waals surface area contributed by atoms with Crippen molar-refractivity contribution < 1.29 is 4.74 Å². The maximum absolute atomic E-state index is 5.89. The number of methoxy groups -OCH3 is 1. The first-order chi connectivity index (χ1) is 6.33. The normalized spacial score (nSPS) is 18.9. The monoisotopic (exact) mass is 182 g/mol. The molecule has 1 heterocycles. The summed E-state index contributed by atoms with van der Waals surface area (Å²) < 4.78 is 6.91. The van der Waals surface area contributed by atoms with Crippen molar-refractivity contribution in [1.29, 1.82) is 0 Å². The first-order valence-corrected chi connectivity index (χ1v) is 4.47. The van der Waals surface area contributed by atoms with Gasteiger partial charge in [0.15, 0.2) is 0 Å². The van der Waals surface area contributed by atoms with Crippen LogP contribution in [0.25, 0.3) is 0 Å². The molecule has 2 rings (SSSR count). The van der Waals surface area contributed by atoms with Gasteiger partial charge >= 0.3 is 0 Å². The van der Waals surface area contributed by atoms with Crippen LogP contribution in [0, 0.1) is 0 Å². The summed E-state index contributed by atoms with van der Waals surface area (Å²) in [6, 6.07) is 0.418. The van der Waals surface area contributed by atoms with E-state index in [4.69, 9.17) is 10.5 Å². The second kappa shape index (κ2) is 3.43. The van der Waals surface area contributed by atoms with Crippen LogP contribution in [0.2, 0.25) is 0 Å². The fraction of sp³-hybridized carbons (Fsp3) is 0.750. The molecule has 0 aromatic carbocycles. The maximum atomic E-state index is 5.89. The van der Waals surface area contributed by atoms with E-state index < -0.39 is 0 Å². The van der Waals surface area contributed by atoms with Gasteiger partial charge in [-0.25, -0.2) is 4.68 Å². The van der Waals surface area contributed by atoms with Gasteiger partial charge < -0.3 is 10.5 Å². The third kappa shape index (κ3) is 1.71. The zero-order chi connectivity index (χ0) is 9.26. The lowest BCUT2D eigenvalue weighted by Crippen LogP contribution is -2.20. The number of rotatable bonds is 4. The largest absolute Gasteiger partial charge is 0.383 e. The molecule has 1 saturated carbocycles. The third-order valence-corrected chi connectivity index (χ3v) is 2.22. The molecule has 5 heteroatoms. The summed E-state index contributed by atoms with van der Waals surface area (Å²) in [5.74, 6) is 0. The van der Waals surface area contributed by atoms with E-state index in [-0.39, 0.29) is 6.04 Å². The minimum atomic E-state index is -0.111. The van der Waals surface area contributed by atoms with E-state index in [0.29, 0.717) is 12.6 Å². The zero-order valence-corrected chi connectivity index (χ0v) is 7.68. The zero-order valence-electron chi connectivity index (χ0n) is 7.68. The summed E-state index contributed by atoms with van der Waals surface area (Å²) in [4.78, 5) is 0. The molecule has 1 aromatic heterocycles. The Bertz CT molecular complexity index is 281. The van der Waals surface area contributed by atoms with E-state index in [9.17, 15) is 0 Å². The minimum Gasteiger partial charge on any atom is -0.383 e. The van der Waals surface area contributed by atoms with Crippen LogP contribution < -0.4 is 5.73 Å². The van der Waals surface area contributed by atoms with Crippen LogP contribution in [-0.2, 0) is 4.74 Å². The van der Waals surface area contributed by atoms with Gasteiger partial charge in [-0.15, -0.1) is 5.10 Å². The van der Waals surface area contributed by atoms with Crippen molar-refractivity contribution in [2.45, 2.75) is 24.9 Å². The number of hydrogen-bond donors (Lipinski definition) is 1. The molecule has 1 fully saturated rings. The Labute approximate surface area is 76.9 Å². The van der Waals surface area contributed by atoms with Crippen molar-refractivity contribution in [3.63, 3.8) is 0 Å². The standard InChI is InChI=1S/C8H14N4O/c1-13-5-7(9)8-4-10-11-12(8)6-2-3-6/h4,6-7H,2-3,5,9H2,1H3/t7-/m0/s1.